The monoisotopic (exact) mass is 670 g/mol. The lowest BCUT2D eigenvalue weighted by molar-refractivity contribution is 0.628. The molecule has 12 rings (SSSR count). The zero-order chi connectivity index (χ0) is 33.2. The van der Waals surface area contributed by atoms with Crippen molar-refractivity contribution in [2.24, 2.45) is 0 Å². The average molecular weight is 671 g/mol. The maximum Gasteiger partial charge on any atom is 0.0702 e. The van der Waals surface area contributed by atoms with E-state index >= 15 is 0 Å². The van der Waals surface area contributed by atoms with Crippen molar-refractivity contribution in [2.75, 3.05) is 13.1 Å². The van der Waals surface area contributed by atoms with Gasteiger partial charge in [-0.25, -0.2) is 0 Å². The molecular weight excluding hydrogens is 641 g/mol. The highest BCUT2D eigenvalue weighted by Crippen LogP contribution is 2.51. The van der Waals surface area contributed by atoms with E-state index in [1.165, 1.54) is 87.9 Å². The SMILES string of the molecule is C1=C(c2cc(-c3cccc(-n4c5ccccc5c5c6c7ccccc7n7c6c(cc54)Sc4ccccc4-7)c3)cc(-c3ccccn3)c2)CN2CC12. The van der Waals surface area contributed by atoms with E-state index in [1.54, 1.807) is 0 Å². The first kappa shape index (κ1) is 27.9. The molecule has 240 valence electrons. The summed E-state index contributed by atoms with van der Waals surface area (Å²) in [6.07, 6.45) is 4.34. The summed E-state index contributed by atoms with van der Waals surface area (Å²) in [5.41, 5.74) is 14.7. The van der Waals surface area contributed by atoms with Crippen LogP contribution >= 0.6 is 11.8 Å². The molecule has 1 saturated heterocycles. The summed E-state index contributed by atoms with van der Waals surface area (Å²) < 4.78 is 4.98. The van der Waals surface area contributed by atoms with Gasteiger partial charge in [-0.05, 0) is 95.1 Å². The van der Waals surface area contributed by atoms with Gasteiger partial charge in [0.2, 0.25) is 0 Å². The molecule has 1 fully saturated rings. The van der Waals surface area contributed by atoms with Crippen LogP contribution in [0.25, 0.3) is 82.9 Å². The normalized spacial score (nSPS) is 17.3. The number of pyridine rings is 1. The number of rotatable bonds is 4. The predicted octanol–water partition coefficient (Wildman–Crippen LogP) is 11.2. The van der Waals surface area contributed by atoms with Crippen molar-refractivity contribution in [3.63, 3.8) is 0 Å². The third kappa shape index (κ3) is 4.04. The van der Waals surface area contributed by atoms with Gasteiger partial charge in [0.1, 0.15) is 0 Å². The minimum atomic E-state index is 0.609. The van der Waals surface area contributed by atoms with E-state index in [4.69, 9.17) is 4.98 Å². The van der Waals surface area contributed by atoms with Crippen molar-refractivity contribution < 1.29 is 0 Å². The van der Waals surface area contributed by atoms with Gasteiger partial charge in [-0.3, -0.25) is 9.88 Å². The van der Waals surface area contributed by atoms with Gasteiger partial charge in [0.25, 0.3) is 0 Å². The van der Waals surface area contributed by atoms with Crippen LogP contribution in [0.5, 0.6) is 0 Å². The Morgan fingerprint density at radius 3 is 2.18 bits per heavy atom. The Bertz CT molecular complexity index is 2970. The standard InChI is InChI=1S/C46H30N4S/c1-3-15-38-35(12-1)44-41(25-43-46-45(44)36-13-2-4-16-39(36)50(46)40-17-5-6-18-42(40)51-43)49(38)33-11-9-10-28(23-33)29-20-30(32-24-34-27-48(34)26-32)22-31(21-29)37-14-7-8-19-47-37/h1-25,34H,26-27H2. The van der Waals surface area contributed by atoms with E-state index in [0.717, 1.165) is 23.5 Å². The molecule has 0 radical (unpaired) electrons. The van der Waals surface area contributed by atoms with Crippen molar-refractivity contribution in [1.82, 2.24) is 19.0 Å². The molecule has 0 saturated carbocycles. The first-order valence-electron chi connectivity index (χ1n) is 17.7. The van der Waals surface area contributed by atoms with Crippen LogP contribution in [0, 0.1) is 0 Å². The number of aromatic nitrogens is 3. The molecule has 0 amide bonds. The Morgan fingerprint density at radius 1 is 0.569 bits per heavy atom. The highest BCUT2D eigenvalue weighted by molar-refractivity contribution is 7.99. The maximum atomic E-state index is 4.75. The summed E-state index contributed by atoms with van der Waals surface area (Å²) >= 11 is 1.89. The minimum absolute atomic E-state index is 0.609. The van der Waals surface area contributed by atoms with Crippen molar-refractivity contribution >= 4 is 60.9 Å². The smallest absolute Gasteiger partial charge is 0.0702 e. The van der Waals surface area contributed by atoms with Crippen LogP contribution in [0.1, 0.15) is 5.56 Å². The summed E-state index contributed by atoms with van der Waals surface area (Å²) in [6.45, 7) is 2.21. The zero-order valence-electron chi connectivity index (χ0n) is 27.6. The van der Waals surface area contributed by atoms with Gasteiger partial charge in [-0.2, -0.15) is 0 Å². The van der Waals surface area contributed by atoms with Gasteiger partial charge in [0.05, 0.1) is 33.4 Å². The number of nitrogens with zero attached hydrogens (tertiary/aromatic N) is 4. The molecule has 6 heterocycles. The largest absolute Gasteiger partial charge is 0.309 e. The van der Waals surface area contributed by atoms with E-state index in [0.29, 0.717) is 6.04 Å². The van der Waals surface area contributed by atoms with Crippen LogP contribution in [-0.2, 0) is 0 Å². The van der Waals surface area contributed by atoms with E-state index in [1.807, 2.05) is 24.0 Å². The molecule has 2 atom stereocenters. The second-order valence-corrected chi connectivity index (χ2v) is 15.1. The predicted molar refractivity (Wildman–Crippen MR) is 211 cm³/mol. The molecule has 0 aliphatic carbocycles. The van der Waals surface area contributed by atoms with Crippen LogP contribution in [0.3, 0.4) is 0 Å². The van der Waals surface area contributed by atoms with Gasteiger partial charge >= 0.3 is 0 Å². The molecular formula is C46H30N4S. The third-order valence-electron chi connectivity index (χ3n) is 11.1. The fourth-order valence-electron chi connectivity index (χ4n) is 8.74. The number of benzene rings is 6. The fourth-order valence-corrected chi connectivity index (χ4v) is 9.85. The number of hydrogen-bond donors (Lipinski definition) is 0. The Balaban J connectivity index is 1.11. The number of fused-ring (bicyclic) bond motifs is 10. The van der Waals surface area contributed by atoms with Gasteiger partial charge in [-0.15, -0.1) is 0 Å². The second-order valence-electron chi connectivity index (χ2n) is 14.0. The summed E-state index contributed by atoms with van der Waals surface area (Å²) in [6, 6.07) is 52.0. The molecule has 3 aromatic heterocycles. The molecule has 9 aromatic rings. The summed E-state index contributed by atoms with van der Waals surface area (Å²) in [5.74, 6) is 0. The maximum absolute atomic E-state index is 4.75. The lowest BCUT2D eigenvalue weighted by atomic mass is 9.94. The van der Waals surface area contributed by atoms with Gasteiger partial charge < -0.3 is 9.13 Å². The van der Waals surface area contributed by atoms with E-state index < -0.39 is 0 Å². The minimum Gasteiger partial charge on any atom is -0.309 e. The first-order chi connectivity index (χ1) is 25.3. The molecule has 3 aliphatic heterocycles. The molecule has 3 aliphatic rings. The number of para-hydroxylation sites is 3. The molecule has 5 heteroatoms. The van der Waals surface area contributed by atoms with Crippen LogP contribution in [0.4, 0.5) is 0 Å². The Morgan fingerprint density at radius 2 is 1.33 bits per heavy atom. The molecule has 0 N–H and O–H groups in total. The van der Waals surface area contributed by atoms with Crippen molar-refractivity contribution in [2.45, 2.75) is 15.8 Å². The highest BCUT2D eigenvalue weighted by Gasteiger charge is 2.38. The molecule has 4 nitrogen and oxygen atoms in total. The number of hydrogen-bond acceptors (Lipinski definition) is 3. The average Bonchev–Trinajstić information content (AvgIpc) is 3.48. The Hall–Kier alpha value is -5.88. The molecule has 6 aromatic carbocycles. The highest BCUT2D eigenvalue weighted by atomic mass is 32.2. The van der Waals surface area contributed by atoms with Crippen LogP contribution in [-0.4, -0.2) is 38.1 Å². The van der Waals surface area contributed by atoms with E-state index in [9.17, 15) is 0 Å². The van der Waals surface area contributed by atoms with Crippen molar-refractivity contribution in [1.29, 1.82) is 0 Å². The Kier molecular flexibility index (Phi) is 5.65. The van der Waals surface area contributed by atoms with Crippen LogP contribution in [0.15, 0.2) is 162 Å². The van der Waals surface area contributed by atoms with E-state index in [2.05, 4.69) is 154 Å². The zero-order valence-corrected chi connectivity index (χ0v) is 28.4. The first-order valence-corrected chi connectivity index (χ1v) is 18.5. The molecule has 0 bridgehead atoms. The quantitative estimate of drug-likeness (QED) is 0.174. The van der Waals surface area contributed by atoms with Crippen LogP contribution < -0.4 is 0 Å². The summed E-state index contributed by atoms with van der Waals surface area (Å²) in [7, 11) is 0. The second kappa shape index (κ2) is 10.3. The topological polar surface area (TPSA) is 25.8 Å². The van der Waals surface area contributed by atoms with Gasteiger partial charge in [-0.1, -0.05) is 84.6 Å². The lowest BCUT2D eigenvalue weighted by Crippen LogP contribution is -2.02. The summed E-state index contributed by atoms with van der Waals surface area (Å²) in [4.78, 5) is 9.84. The molecule has 0 spiro atoms. The third-order valence-corrected chi connectivity index (χ3v) is 12.2. The lowest BCUT2D eigenvalue weighted by Gasteiger charge is -2.20. The van der Waals surface area contributed by atoms with Crippen molar-refractivity contribution in [3.05, 3.63) is 157 Å². The summed E-state index contributed by atoms with van der Waals surface area (Å²) in [5, 5.41) is 5.21. The molecule has 2 unspecified atom stereocenters. The van der Waals surface area contributed by atoms with Crippen molar-refractivity contribution in [3.8, 4) is 33.8 Å². The fraction of sp³-hybridized carbons (Fsp3) is 0.0652. The van der Waals surface area contributed by atoms with E-state index in [-0.39, 0.29) is 0 Å². The van der Waals surface area contributed by atoms with Gasteiger partial charge in [0.15, 0.2) is 0 Å². The van der Waals surface area contributed by atoms with Crippen LogP contribution in [0.2, 0.25) is 0 Å². The molecule has 51 heavy (non-hydrogen) atoms. The van der Waals surface area contributed by atoms with Gasteiger partial charge in [0, 0.05) is 67.9 Å². The Labute approximate surface area is 298 Å².